The van der Waals surface area contributed by atoms with Gasteiger partial charge >= 0.3 is 15.2 Å². The van der Waals surface area contributed by atoms with Crippen molar-refractivity contribution in [1.29, 1.82) is 0 Å². The third-order valence-electron chi connectivity index (χ3n) is 3.02. The van der Waals surface area contributed by atoms with Crippen molar-refractivity contribution in [2.45, 2.75) is 27.7 Å². The van der Waals surface area contributed by atoms with Crippen molar-refractivity contribution in [1.82, 2.24) is 0 Å². The number of anilines is 1. The molecule has 0 saturated carbocycles. The van der Waals surface area contributed by atoms with Crippen molar-refractivity contribution in [3.05, 3.63) is 24.3 Å². The molecule has 1 aromatic rings. The third kappa shape index (κ3) is 9.17. The summed E-state index contributed by atoms with van der Waals surface area (Å²) in [6.45, 7) is 8.00. The first-order valence-electron chi connectivity index (χ1n) is 8.26. The maximum Gasteiger partial charge on any atom is 0.349 e. The molecule has 0 aromatic heterocycles. The molecule has 0 saturated heterocycles. The van der Waals surface area contributed by atoms with E-state index in [1.54, 1.807) is 12.1 Å². The molecule has 26 heavy (non-hydrogen) atoms. The maximum absolute atomic E-state index is 12.4. The lowest BCUT2D eigenvalue weighted by atomic mass is 10.3. The van der Waals surface area contributed by atoms with Gasteiger partial charge in [-0.25, -0.2) is 0 Å². The Hall–Kier alpha value is -0.880. The first kappa shape index (κ1) is 27.3. The van der Waals surface area contributed by atoms with Crippen molar-refractivity contribution in [2.24, 2.45) is 0 Å². The van der Waals surface area contributed by atoms with Crippen LogP contribution in [0.4, 0.5) is 5.69 Å². The lowest BCUT2D eigenvalue weighted by Gasteiger charge is -2.29. The van der Waals surface area contributed by atoms with E-state index in [0.717, 1.165) is 0 Å². The second-order valence-electron chi connectivity index (χ2n) is 4.29. The predicted octanol–water partition coefficient (Wildman–Crippen LogP) is 5.14. The highest BCUT2D eigenvalue weighted by Gasteiger charge is 2.32. The molecule has 0 bridgehead atoms. The highest BCUT2D eigenvalue weighted by molar-refractivity contribution is 7.55. The van der Waals surface area contributed by atoms with E-state index in [1.165, 1.54) is 45.5 Å². The summed E-state index contributed by atoms with van der Waals surface area (Å²) in [4.78, 5) is 1.50. The van der Waals surface area contributed by atoms with E-state index in [2.05, 4.69) is 0 Å². The summed E-state index contributed by atoms with van der Waals surface area (Å²) in [5.41, 5.74) is 0.557. The molecule has 0 aliphatic rings. The van der Waals surface area contributed by atoms with Gasteiger partial charge in [0.2, 0.25) is 0 Å². The van der Waals surface area contributed by atoms with Crippen LogP contribution in [-0.2, 0) is 27.2 Å². The molecule has 0 amide bonds. The van der Waals surface area contributed by atoms with Crippen LogP contribution in [0, 0.1) is 0 Å². The molecule has 0 heterocycles. The summed E-state index contributed by atoms with van der Waals surface area (Å²) in [5, 5.41) is 9.36. The Bertz CT molecular complexity index is 522. The Morgan fingerprint density at radius 3 is 1.35 bits per heavy atom. The van der Waals surface area contributed by atoms with Crippen LogP contribution in [-0.4, -0.2) is 46.1 Å². The highest BCUT2D eigenvalue weighted by Crippen LogP contribution is 2.52. The molecule has 0 radical (unpaired) electrons. The summed E-state index contributed by atoms with van der Waals surface area (Å²) in [6, 6.07) is 6.08. The van der Waals surface area contributed by atoms with Crippen molar-refractivity contribution in [3.63, 3.8) is 0 Å². The number of nitrogens with zero attached hydrogens (tertiary/aromatic N) is 1. The molecule has 10 heteroatoms. The van der Waals surface area contributed by atoms with E-state index in [9.17, 15) is 14.2 Å². The standard InChI is InChI=1S/C12H21NO7P2.2C2H6/c1-17-21(15,18-2)9-13(10-22(16,19-3)20-4)11-5-7-12(14)8-6-11;2*1-2/h5-8,14H,9-10H2,1-4H3;2*1-2H3. The quantitative estimate of drug-likeness (QED) is 0.556. The van der Waals surface area contributed by atoms with Gasteiger partial charge in [-0.2, -0.15) is 0 Å². The Balaban J connectivity index is 0. The van der Waals surface area contributed by atoms with Gasteiger partial charge in [0.05, 0.1) is 0 Å². The number of hydrogen-bond donors (Lipinski definition) is 1. The first-order chi connectivity index (χ1) is 12.3. The number of rotatable bonds is 9. The second-order valence-corrected chi connectivity index (χ2v) is 8.76. The third-order valence-corrected chi connectivity index (χ3v) is 6.62. The Morgan fingerprint density at radius 1 is 0.769 bits per heavy atom. The molecule has 0 atom stereocenters. The molecule has 0 unspecified atom stereocenters. The van der Waals surface area contributed by atoms with Crippen molar-refractivity contribution >= 4 is 20.9 Å². The van der Waals surface area contributed by atoms with Gasteiger partial charge in [0.15, 0.2) is 0 Å². The lowest BCUT2D eigenvalue weighted by molar-refractivity contribution is 0.270. The van der Waals surface area contributed by atoms with Gasteiger partial charge in [0, 0.05) is 34.1 Å². The van der Waals surface area contributed by atoms with E-state index in [1.807, 2.05) is 27.7 Å². The number of phenols is 1. The average Bonchev–Trinajstić information content (AvgIpc) is 2.70. The minimum absolute atomic E-state index is 0.0760. The minimum Gasteiger partial charge on any atom is -0.508 e. The maximum atomic E-state index is 12.4. The zero-order chi connectivity index (χ0) is 20.8. The summed E-state index contributed by atoms with van der Waals surface area (Å²) < 4.78 is 44.4. The van der Waals surface area contributed by atoms with Crippen LogP contribution in [0.25, 0.3) is 0 Å². The average molecular weight is 413 g/mol. The van der Waals surface area contributed by atoms with Gasteiger partial charge in [0.1, 0.15) is 18.3 Å². The van der Waals surface area contributed by atoms with Crippen molar-refractivity contribution in [2.75, 3.05) is 45.9 Å². The predicted molar refractivity (Wildman–Crippen MR) is 106 cm³/mol. The van der Waals surface area contributed by atoms with Gasteiger partial charge in [-0.3, -0.25) is 9.13 Å². The van der Waals surface area contributed by atoms with E-state index in [0.29, 0.717) is 5.69 Å². The molecular weight excluding hydrogens is 380 g/mol. The zero-order valence-electron chi connectivity index (χ0n) is 17.0. The summed E-state index contributed by atoms with van der Waals surface area (Å²) in [6.07, 6.45) is -0.303. The van der Waals surface area contributed by atoms with Crippen LogP contribution in [0.3, 0.4) is 0 Å². The minimum atomic E-state index is -3.39. The molecule has 0 spiro atoms. The number of benzene rings is 1. The smallest absolute Gasteiger partial charge is 0.349 e. The van der Waals surface area contributed by atoms with Crippen molar-refractivity contribution < 1.29 is 32.3 Å². The molecule has 8 nitrogen and oxygen atoms in total. The van der Waals surface area contributed by atoms with Gasteiger partial charge in [-0.15, -0.1) is 0 Å². The molecular formula is C16H33NO7P2. The van der Waals surface area contributed by atoms with E-state index < -0.39 is 15.2 Å². The van der Waals surface area contributed by atoms with Crippen LogP contribution in [0.15, 0.2) is 24.3 Å². The molecule has 154 valence electrons. The molecule has 0 fully saturated rings. The van der Waals surface area contributed by atoms with E-state index >= 15 is 0 Å². The van der Waals surface area contributed by atoms with Crippen LogP contribution in [0.2, 0.25) is 0 Å². The lowest BCUT2D eigenvalue weighted by Crippen LogP contribution is -2.27. The van der Waals surface area contributed by atoms with E-state index in [-0.39, 0.29) is 18.3 Å². The molecule has 1 rings (SSSR count). The molecule has 1 aromatic carbocycles. The van der Waals surface area contributed by atoms with Gasteiger partial charge in [-0.1, -0.05) is 27.7 Å². The van der Waals surface area contributed by atoms with E-state index in [4.69, 9.17) is 18.1 Å². The fraction of sp³-hybridized carbons (Fsp3) is 0.625. The number of phenolic OH excluding ortho intramolecular Hbond substituents is 1. The second kappa shape index (κ2) is 14.2. The Kier molecular flexibility index (Phi) is 14.9. The first-order valence-corrected chi connectivity index (χ1v) is 11.7. The summed E-state index contributed by atoms with van der Waals surface area (Å²) in [5.74, 6) is 0.0760. The Morgan fingerprint density at radius 2 is 1.08 bits per heavy atom. The molecule has 1 N–H and O–H groups in total. The molecule has 0 aliphatic heterocycles. The topological polar surface area (TPSA) is 94.5 Å². The van der Waals surface area contributed by atoms with Crippen LogP contribution in [0.5, 0.6) is 5.75 Å². The fourth-order valence-corrected chi connectivity index (χ4v) is 3.95. The SMILES string of the molecule is CC.CC.COP(=O)(CN(CP(=O)(OC)OC)c1ccc(O)cc1)OC. The normalized spacial score (nSPS) is 10.9. The fourth-order valence-electron chi connectivity index (χ4n) is 1.67. The van der Waals surface area contributed by atoms with Gasteiger partial charge < -0.3 is 28.1 Å². The summed E-state index contributed by atoms with van der Waals surface area (Å²) in [7, 11) is -1.70. The van der Waals surface area contributed by atoms with Crippen LogP contribution >= 0.6 is 15.2 Å². The summed E-state index contributed by atoms with van der Waals surface area (Å²) >= 11 is 0. The van der Waals surface area contributed by atoms with Crippen molar-refractivity contribution in [3.8, 4) is 5.75 Å². The highest BCUT2D eigenvalue weighted by atomic mass is 31.2. The number of aromatic hydroxyl groups is 1. The van der Waals surface area contributed by atoms with Crippen LogP contribution in [0.1, 0.15) is 27.7 Å². The van der Waals surface area contributed by atoms with Gasteiger partial charge in [0.25, 0.3) is 0 Å². The molecule has 0 aliphatic carbocycles. The monoisotopic (exact) mass is 413 g/mol. The van der Waals surface area contributed by atoms with Gasteiger partial charge in [-0.05, 0) is 24.3 Å². The number of hydrogen-bond acceptors (Lipinski definition) is 8. The Labute approximate surface area is 157 Å². The zero-order valence-corrected chi connectivity index (χ0v) is 18.8. The largest absolute Gasteiger partial charge is 0.508 e. The van der Waals surface area contributed by atoms with Crippen LogP contribution < -0.4 is 4.90 Å².